The van der Waals surface area contributed by atoms with Crippen molar-refractivity contribution in [2.24, 2.45) is 11.8 Å². The summed E-state index contributed by atoms with van der Waals surface area (Å²) in [7, 11) is 0. The first-order valence-corrected chi connectivity index (χ1v) is 13.3. The normalized spacial score (nSPS) is 19.4. The molecule has 2 atom stereocenters. The number of likely N-dealkylation sites (tertiary alicyclic amines) is 2. The van der Waals surface area contributed by atoms with E-state index in [4.69, 9.17) is 0 Å². The van der Waals surface area contributed by atoms with Gasteiger partial charge in [0.1, 0.15) is 0 Å². The third-order valence-electron chi connectivity index (χ3n) is 7.58. The van der Waals surface area contributed by atoms with Gasteiger partial charge in [-0.3, -0.25) is 9.59 Å². The highest BCUT2D eigenvalue weighted by molar-refractivity contribution is 5.99. The third kappa shape index (κ3) is 7.10. The number of carbonyl (C=O) groups is 2. The topological polar surface area (TPSA) is 40.6 Å². The number of ketones is 2. The van der Waals surface area contributed by atoms with Crippen LogP contribution in [0.5, 0.6) is 0 Å². The van der Waals surface area contributed by atoms with Gasteiger partial charge in [-0.05, 0) is 64.7 Å². The average molecular weight is 461 g/mol. The Balaban J connectivity index is 1.49. The average Bonchev–Trinajstić information content (AvgIpc) is 2.91. The molecular weight excluding hydrogens is 420 g/mol. The molecule has 34 heavy (non-hydrogen) atoms. The van der Waals surface area contributed by atoms with Crippen LogP contribution in [0.4, 0.5) is 0 Å². The Morgan fingerprint density at radius 2 is 0.912 bits per heavy atom. The Kier molecular flexibility index (Phi) is 9.46. The van der Waals surface area contributed by atoms with Gasteiger partial charge in [-0.2, -0.15) is 0 Å². The summed E-state index contributed by atoms with van der Waals surface area (Å²) >= 11 is 0. The van der Waals surface area contributed by atoms with E-state index in [0.29, 0.717) is 0 Å². The first kappa shape index (κ1) is 24.8. The lowest BCUT2D eigenvalue weighted by molar-refractivity contribution is 0.0793. The molecule has 2 aliphatic heterocycles. The minimum atomic E-state index is -0.0621. The summed E-state index contributed by atoms with van der Waals surface area (Å²) in [5.74, 6) is 0.339. The number of hydrogen-bond acceptors (Lipinski definition) is 4. The molecule has 2 aromatic carbocycles. The zero-order valence-corrected chi connectivity index (χ0v) is 20.5. The van der Waals surface area contributed by atoms with Crippen LogP contribution < -0.4 is 0 Å². The zero-order valence-electron chi connectivity index (χ0n) is 20.5. The van der Waals surface area contributed by atoms with Crippen molar-refractivity contribution in [1.82, 2.24) is 9.80 Å². The smallest absolute Gasteiger partial charge is 0.167 e. The molecule has 0 radical (unpaired) electrons. The number of Topliss-reactive ketones (excluding diaryl/α,β-unsaturated/α-hetero) is 2. The van der Waals surface area contributed by atoms with Crippen molar-refractivity contribution in [1.29, 1.82) is 0 Å². The van der Waals surface area contributed by atoms with E-state index in [1.807, 2.05) is 60.7 Å². The maximum absolute atomic E-state index is 13.5. The van der Waals surface area contributed by atoms with E-state index in [2.05, 4.69) is 9.80 Å². The molecule has 4 nitrogen and oxygen atoms in total. The fourth-order valence-electron chi connectivity index (χ4n) is 5.60. The zero-order chi connectivity index (χ0) is 23.6. The molecule has 0 N–H and O–H groups in total. The van der Waals surface area contributed by atoms with E-state index in [9.17, 15) is 9.59 Å². The predicted octanol–water partition coefficient (Wildman–Crippen LogP) is 5.74. The predicted molar refractivity (Wildman–Crippen MR) is 138 cm³/mol. The summed E-state index contributed by atoms with van der Waals surface area (Å²) < 4.78 is 0. The maximum atomic E-state index is 13.5. The standard InChI is InChI=1S/C30H40N2O2/c33-29(25-13-5-1-6-14-25)27(23-31-19-9-3-10-20-31)17-18-28(24-32-21-11-4-12-22-32)30(34)26-15-7-2-8-16-26/h1-2,5-8,13-16,27-28H,3-4,9-12,17-24H2. The van der Waals surface area contributed by atoms with Gasteiger partial charge in [0.2, 0.25) is 0 Å². The van der Waals surface area contributed by atoms with Crippen molar-refractivity contribution in [3.8, 4) is 0 Å². The van der Waals surface area contributed by atoms with Crippen LogP contribution in [0, 0.1) is 11.8 Å². The van der Waals surface area contributed by atoms with Gasteiger partial charge in [0.15, 0.2) is 11.6 Å². The lowest BCUT2D eigenvalue weighted by Crippen LogP contribution is -2.39. The summed E-state index contributed by atoms with van der Waals surface area (Å²) in [6.07, 6.45) is 8.98. The van der Waals surface area contributed by atoms with Crippen molar-refractivity contribution >= 4 is 11.6 Å². The second kappa shape index (κ2) is 13.0. The van der Waals surface area contributed by atoms with Crippen LogP contribution >= 0.6 is 0 Å². The van der Waals surface area contributed by atoms with Crippen molar-refractivity contribution in [2.45, 2.75) is 51.4 Å². The molecule has 0 aromatic heterocycles. The van der Waals surface area contributed by atoms with Gasteiger partial charge in [0, 0.05) is 36.1 Å². The Hall–Kier alpha value is -2.30. The molecular formula is C30H40N2O2. The third-order valence-corrected chi connectivity index (χ3v) is 7.58. The van der Waals surface area contributed by atoms with Crippen molar-refractivity contribution in [3.05, 3.63) is 71.8 Å². The Morgan fingerprint density at radius 1 is 0.559 bits per heavy atom. The van der Waals surface area contributed by atoms with Crippen LogP contribution in [0.1, 0.15) is 72.1 Å². The van der Waals surface area contributed by atoms with Gasteiger partial charge in [-0.1, -0.05) is 73.5 Å². The number of carbonyl (C=O) groups excluding carboxylic acids is 2. The van der Waals surface area contributed by atoms with Gasteiger partial charge in [0.05, 0.1) is 0 Å². The van der Waals surface area contributed by atoms with Crippen LogP contribution in [0.15, 0.2) is 60.7 Å². The molecule has 0 saturated carbocycles. The lowest BCUT2D eigenvalue weighted by Gasteiger charge is -2.32. The monoisotopic (exact) mass is 460 g/mol. The van der Waals surface area contributed by atoms with Gasteiger partial charge in [0.25, 0.3) is 0 Å². The van der Waals surface area contributed by atoms with Crippen LogP contribution in [0.3, 0.4) is 0 Å². The molecule has 0 amide bonds. The molecule has 2 unspecified atom stereocenters. The number of hydrogen-bond donors (Lipinski definition) is 0. The van der Waals surface area contributed by atoms with E-state index in [1.165, 1.54) is 38.5 Å². The van der Waals surface area contributed by atoms with Crippen LogP contribution in [-0.2, 0) is 0 Å². The van der Waals surface area contributed by atoms with Crippen LogP contribution in [0.2, 0.25) is 0 Å². The minimum absolute atomic E-state index is 0.0621. The number of piperidine rings is 2. The highest BCUT2D eigenvalue weighted by Gasteiger charge is 2.29. The van der Waals surface area contributed by atoms with Crippen LogP contribution in [0.25, 0.3) is 0 Å². The summed E-state index contributed by atoms with van der Waals surface area (Å²) in [5.41, 5.74) is 1.60. The van der Waals surface area contributed by atoms with Crippen molar-refractivity contribution in [3.63, 3.8) is 0 Å². The largest absolute Gasteiger partial charge is 0.303 e. The minimum Gasteiger partial charge on any atom is -0.303 e. The van der Waals surface area contributed by atoms with Crippen LogP contribution in [-0.4, -0.2) is 60.6 Å². The highest BCUT2D eigenvalue weighted by atomic mass is 16.1. The Morgan fingerprint density at radius 3 is 1.26 bits per heavy atom. The Bertz CT molecular complexity index is 811. The number of nitrogens with zero attached hydrogens (tertiary/aromatic N) is 2. The van der Waals surface area contributed by atoms with E-state index in [-0.39, 0.29) is 23.4 Å². The quantitative estimate of drug-likeness (QED) is 0.401. The van der Waals surface area contributed by atoms with Gasteiger partial charge < -0.3 is 9.80 Å². The molecule has 2 heterocycles. The fourth-order valence-corrected chi connectivity index (χ4v) is 5.60. The van der Waals surface area contributed by atoms with Gasteiger partial charge >= 0.3 is 0 Å². The number of rotatable bonds is 11. The summed E-state index contributed by atoms with van der Waals surface area (Å²) in [6, 6.07) is 19.5. The second-order valence-electron chi connectivity index (χ2n) is 10.2. The lowest BCUT2D eigenvalue weighted by atomic mass is 9.85. The molecule has 2 saturated heterocycles. The molecule has 4 heteroatoms. The van der Waals surface area contributed by atoms with E-state index in [0.717, 1.165) is 63.2 Å². The fraction of sp³-hybridized carbons (Fsp3) is 0.533. The maximum Gasteiger partial charge on any atom is 0.167 e. The molecule has 2 fully saturated rings. The first-order valence-electron chi connectivity index (χ1n) is 13.3. The van der Waals surface area contributed by atoms with E-state index >= 15 is 0 Å². The van der Waals surface area contributed by atoms with Gasteiger partial charge in [-0.25, -0.2) is 0 Å². The molecule has 0 spiro atoms. The molecule has 0 bridgehead atoms. The molecule has 4 rings (SSSR count). The van der Waals surface area contributed by atoms with E-state index < -0.39 is 0 Å². The summed E-state index contributed by atoms with van der Waals surface area (Å²) in [5, 5.41) is 0. The second-order valence-corrected chi connectivity index (χ2v) is 10.2. The summed E-state index contributed by atoms with van der Waals surface area (Å²) in [6.45, 7) is 5.95. The SMILES string of the molecule is O=C(c1ccccc1)C(CCC(CN1CCCCC1)C(=O)c1ccccc1)CN1CCCCC1. The van der Waals surface area contributed by atoms with Gasteiger partial charge in [-0.15, -0.1) is 0 Å². The van der Waals surface area contributed by atoms with Crippen molar-refractivity contribution < 1.29 is 9.59 Å². The first-order chi connectivity index (χ1) is 16.7. The molecule has 0 aliphatic carbocycles. The summed E-state index contributed by atoms with van der Waals surface area (Å²) in [4.78, 5) is 32.0. The molecule has 2 aliphatic rings. The number of benzene rings is 2. The van der Waals surface area contributed by atoms with Crippen molar-refractivity contribution in [2.75, 3.05) is 39.3 Å². The Labute approximate surface area is 205 Å². The van der Waals surface area contributed by atoms with E-state index in [1.54, 1.807) is 0 Å². The molecule has 2 aromatic rings. The highest BCUT2D eigenvalue weighted by Crippen LogP contribution is 2.25. The molecule has 182 valence electrons.